The monoisotopic (exact) mass is 247 g/mol. The van der Waals surface area contributed by atoms with Crippen molar-refractivity contribution in [3.8, 4) is 0 Å². The van der Waals surface area contributed by atoms with Crippen LogP contribution in [0.25, 0.3) is 0 Å². The van der Waals surface area contributed by atoms with Crippen molar-refractivity contribution >= 4 is 12.7 Å². The van der Waals surface area contributed by atoms with E-state index >= 15 is 0 Å². The van der Waals surface area contributed by atoms with Gasteiger partial charge in [-0.05, 0) is 4.99 Å². The zero-order chi connectivity index (χ0) is 10.3. The van der Waals surface area contributed by atoms with E-state index in [0.29, 0.717) is 0 Å². The van der Waals surface area contributed by atoms with Gasteiger partial charge in [-0.1, -0.05) is 0 Å². The van der Waals surface area contributed by atoms with E-state index in [0.717, 1.165) is 52.6 Å². The second-order valence-corrected chi connectivity index (χ2v) is 3.68. The maximum Gasteiger partial charge on any atom is 0.283 e. The second-order valence-electron chi connectivity index (χ2n) is 3.68. The molecule has 2 heterocycles. The van der Waals surface area contributed by atoms with Crippen LogP contribution in [0, 0.1) is 0 Å². The van der Waals surface area contributed by atoms with Crippen LogP contribution in [0.3, 0.4) is 0 Å². The summed E-state index contributed by atoms with van der Waals surface area (Å²) in [5.41, 5.74) is 0. The maximum absolute atomic E-state index is 5.26. The Hall–Kier alpha value is -0.650. The summed E-state index contributed by atoms with van der Waals surface area (Å²) in [6.07, 6.45) is 3.80. The van der Waals surface area contributed by atoms with E-state index in [-0.39, 0.29) is 12.4 Å². The predicted octanol–water partition coefficient (Wildman–Crippen LogP) is -3.58. The summed E-state index contributed by atoms with van der Waals surface area (Å²) in [5.74, 6) is 0. The molecular formula is C10H18ClN3O2. The number of aliphatic imine (C=N–C) groups is 1. The number of ether oxygens (including phenoxy) is 2. The number of halogens is 1. The van der Waals surface area contributed by atoms with Crippen molar-refractivity contribution in [2.45, 2.75) is 0 Å². The molecule has 16 heavy (non-hydrogen) atoms. The zero-order valence-corrected chi connectivity index (χ0v) is 10.1. The molecule has 0 aromatic carbocycles. The molecule has 0 radical (unpaired) electrons. The van der Waals surface area contributed by atoms with Gasteiger partial charge in [0.1, 0.15) is 13.1 Å². The van der Waals surface area contributed by atoms with Crippen LogP contribution in [0.1, 0.15) is 0 Å². The molecule has 2 rings (SSSR count). The Morgan fingerprint density at radius 3 is 2.31 bits per heavy atom. The van der Waals surface area contributed by atoms with Crippen LogP contribution in [0.2, 0.25) is 0 Å². The Morgan fingerprint density at radius 1 is 1.00 bits per heavy atom. The van der Waals surface area contributed by atoms with Gasteiger partial charge in [0.2, 0.25) is 6.34 Å². The van der Waals surface area contributed by atoms with Crippen molar-refractivity contribution in [2.24, 2.45) is 4.99 Å². The molecule has 2 fully saturated rings. The first kappa shape index (κ1) is 13.4. The largest absolute Gasteiger partial charge is 1.00 e. The molecule has 2 saturated heterocycles. The lowest BCUT2D eigenvalue weighted by atomic mass is 10.5. The Bertz CT molecular complexity index is 244. The van der Waals surface area contributed by atoms with Crippen molar-refractivity contribution in [1.82, 2.24) is 4.90 Å². The molecule has 2 aliphatic rings. The molecule has 0 atom stereocenters. The summed E-state index contributed by atoms with van der Waals surface area (Å²) in [4.78, 5) is 6.49. The highest BCUT2D eigenvalue weighted by atomic mass is 35.5. The van der Waals surface area contributed by atoms with E-state index in [9.17, 15) is 0 Å². The van der Waals surface area contributed by atoms with Crippen LogP contribution in [-0.2, 0) is 9.47 Å². The highest BCUT2D eigenvalue weighted by Crippen LogP contribution is 1.92. The first-order valence-corrected chi connectivity index (χ1v) is 5.45. The summed E-state index contributed by atoms with van der Waals surface area (Å²) in [6, 6.07) is 0. The van der Waals surface area contributed by atoms with Crippen LogP contribution in [0.4, 0.5) is 0 Å². The molecule has 0 aromatic heterocycles. The molecule has 0 unspecified atom stereocenters. The summed E-state index contributed by atoms with van der Waals surface area (Å²) in [6.45, 7) is 7.02. The number of morpholine rings is 2. The third-order valence-corrected chi connectivity index (χ3v) is 2.55. The van der Waals surface area contributed by atoms with Crippen LogP contribution in [0.15, 0.2) is 4.99 Å². The first-order chi connectivity index (χ1) is 7.45. The Balaban J connectivity index is 0.00000128. The number of rotatable bonds is 2. The van der Waals surface area contributed by atoms with Crippen LogP contribution < -0.4 is 12.4 Å². The first-order valence-electron chi connectivity index (χ1n) is 5.45. The molecule has 0 N–H and O–H groups in total. The highest BCUT2D eigenvalue weighted by Gasteiger charge is 2.09. The van der Waals surface area contributed by atoms with E-state index in [2.05, 4.69) is 14.5 Å². The minimum Gasteiger partial charge on any atom is -1.00 e. The van der Waals surface area contributed by atoms with Gasteiger partial charge in [0.25, 0.3) is 6.34 Å². The van der Waals surface area contributed by atoms with Crippen molar-refractivity contribution in [1.29, 1.82) is 0 Å². The average Bonchev–Trinajstić information content (AvgIpc) is 2.32. The van der Waals surface area contributed by atoms with E-state index in [1.54, 1.807) is 0 Å². The molecule has 0 amide bonds. The molecule has 5 nitrogen and oxygen atoms in total. The van der Waals surface area contributed by atoms with Crippen LogP contribution in [-0.4, -0.2) is 74.8 Å². The van der Waals surface area contributed by atoms with Gasteiger partial charge in [0, 0.05) is 13.1 Å². The quantitative estimate of drug-likeness (QED) is 0.288. The van der Waals surface area contributed by atoms with Gasteiger partial charge in [0.15, 0.2) is 0 Å². The SMILES string of the molecule is C(=NC=[N+]1CCOCC1)N1CCOCC1.[Cl-]. The smallest absolute Gasteiger partial charge is 0.283 e. The third-order valence-electron chi connectivity index (χ3n) is 2.55. The van der Waals surface area contributed by atoms with E-state index in [1.807, 2.05) is 12.7 Å². The average molecular weight is 248 g/mol. The predicted molar refractivity (Wildman–Crippen MR) is 57.8 cm³/mol. The Morgan fingerprint density at radius 2 is 1.62 bits per heavy atom. The fourth-order valence-electron chi connectivity index (χ4n) is 1.60. The standard InChI is InChI=1S/C10H18N3O2.ClH/c1-5-14-6-2-12(1)9-11-10-13-3-7-15-8-4-13;/h9-10H,1-8H2;1H/q+1;/p-1. The van der Waals surface area contributed by atoms with Crippen molar-refractivity contribution in [3.05, 3.63) is 0 Å². The minimum atomic E-state index is 0. The van der Waals surface area contributed by atoms with Crippen molar-refractivity contribution in [2.75, 3.05) is 52.6 Å². The third kappa shape index (κ3) is 4.47. The number of hydrogen-bond acceptors (Lipinski definition) is 2. The molecule has 0 saturated carbocycles. The summed E-state index contributed by atoms with van der Waals surface area (Å²) >= 11 is 0. The number of nitrogens with zero attached hydrogens (tertiary/aromatic N) is 3. The van der Waals surface area contributed by atoms with Crippen molar-refractivity contribution < 1.29 is 26.5 Å². The van der Waals surface area contributed by atoms with Gasteiger partial charge in [-0.25, -0.2) is 0 Å². The lowest BCUT2D eigenvalue weighted by Gasteiger charge is -2.22. The number of hydrogen-bond donors (Lipinski definition) is 0. The second kappa shape index (κ2) is 7.60. The molecule has 2 aliphatic heterocycles. The zero-order valence-electron chi connectivity index (χ0n) is 9.35. The normalized spacial score (nSPS) is 22.0. The summed E-state index contributed by atoms with van der Waals surface area (Å²) in [7, 11) is 0. The molecular weight excluding hydrogens is 230 g/mol. The molecule has 92 valence electrons. The van der Waals surface area contributed by atoms with E-state index in [1.165, 1.54) is 0 Å². The van der Waals surface area contributed by atoms with Crippen LogP contribution >= 0.6 is 0 Å². The molecule has 6 heteroatoms. The lowest BCUT2D eigenvalue weighted by Crippen LogP contribution is -3.00. The minimum absolute atomic E-state index is 0. The molecule has 0 spiro atoms. The molecule has 0 bridgehead atoms. The van der Waals surface area contributed by atoms with Crippen LogP contribution in [0.5, 0.6) is 0 Å². The van der Waals surface area contributed by atoms with Crippen molar-refractivity contribution in [3.63, 3.8) is 0 Å². The molecule has 0 aliphatic carbocycles. The maximum atomic E-state index is 5.26. The van der Waals surface area contributed by atoms with E-state index in [4.69, 9.17) is 9.47 Å². The van der Waals surface area contributed by atoms with Gasteiger partial charge in [0.05, 0.1) is 26.4 Å². The topological polar surface area (TPSA) is 37.1 Å². The molecule has 0 aromatic rings. The highest BCUT2D eigenvalue weighted by molar-refractivity contribution is 5.68. The fourth-order valence-corrected chi connectivity index (χ4v) is 1.60. The Kier molecular flexibility index (Phi) is 6.37. The van der Waals surface area contributed by atoms with E-state index < -0.39 is 0 Å². The van der Waals surface area contributed by atoms with Gasteiger partial charge in [-0.15, -0.1) is 0 Å². The van der Waals surface area contributed by atoms with Gasteiger partial charge in [-0.2, -0.15) is 0 Å². The van der Waals surface area contributed by atoms with Gasteiger partial charge in [-0.3, -0.25) is 4.58 Å². The summed E-state index contributed by atoms with van der Waals surface area (Å²) < 4.78 is 12.7. The fraction of sp³-hybridized carbons (Fsp3) is 0.800. The Labute approximate surface area is 102 Å². The summed E-state index contributed by atoms with van der Waals surface area (Å²) in [5, 5.41) is 0. The lowest BCUT2D eigenvalue weighted by molar-refractivity contribution is -0.545. The van der Waals surface area contributed by atoms with Gasteiger partial charge >= 0.3 is 0 Å². The van der Waals surface area contributed by atoms with Gasteiger partial charge < -0.3 is 26.8 Å².